The summed E-state index contributed by atoms with van der Waals surface area (Å²) < 4.78 is 1.02. The standard InChI is InChI=1S/C14H19BrN2O/c15-12-4-1-3-11(9-12)10-14(18)17-8-6-13-5-2-7-16-13/h1,3-4,9,13,16H,2,5-8,10H2,(H,17,18). The molecule has 1 aromatic rings. The Bertz CT molecular complexity index is 403. The van der Waals surface area contributed by atoms with Crippen molar-refractivity contribution in [3.63, 3.8) is 0 Å². The van der Waals surface area contributed by atoms with Crippen LogP contribution in [0, 0.1) is 0 Å². The van der Waals surface area contributed by atoms with Crippen LogP contribution in [-0.4, -0.2) is 25.0 Å². The number of hydrogen-bond acceptors (Lipinski definition) is 2. The van der Waals surface area contributed by atoms with Gasteiger partial charge >= 0.3 is 0 Å². The second-order valence-corrected chi connectivity index (χ2v) is 5.65. The van der Waals surface area contributed by atoms with E-state index in [1.54, 1.807) is 0 Å². The van der Waals surface area contributed by atoms with E-state index in [1.807, 2.05) is 24.3 Å². The minimum Gasteiger partial charge on any atom is -0.356 e. The summed E-state index contributed by atoms with van der Waals surface area (Å²) in [5.41, 5.74) is 1.04. The molecule has 1 aromatic carbocycles. The molecule has 0 radical (unpaired) electrons. The number of carbonyl (C=O) groups is 1. The zero-order chi connectivity index (χ0) is 12.8. The Balaban J connectivity index is 1.68. The highest BCUT2D eigenvalue weighted by molar-refractivity contribution is 9.10. The summed E-state index contributed by atoms with van der Waals surface area (Å²) in [5.74, 6) is 0.103. The maximum atomic E-state index is 11.8. The van der Waals surface area contributed by atoms with Crippen molar-refractivity contribution in [2.45, 2.75) is 31.7 Å². The summed E-state index contributed by atoms with van der Waals surface area (Å²) in [4.78, 5) is 11.8. The number of halogens is 1. The number of nitrogens with one attached hydrogen (secondary N) is 2. The molecule has 2 rings (SSSR count). The van der Waals surface area contributed by atoms with Crippen molar-refractivity contribution in [3.05, 3.63) is 34.3 Å². The average Bonchev–Trinajstić information content (AvgIpc) is 2.82. The van der Waals surface area contributed by atoms with Gasteiger partial charge in [0, 0.05) is 17.1 Å². The van der Waals surface area contributed by atoms with Gasteiger partial charge in [-0.15, -0.1) is 0 Å². The zero-order valence-corrected chi connectivity index (χ0v) is 12.0. The van der Waals surface area contributed by atoms with E-state index in [-0.39, 0.29) is 5.91 Å². The van der Waals surface area contributed by atoms with Gasteiger partial charge in [-0.3, -0.25) is 4.79 Å². The summed E-state index contributed by atoms with van der Waals surface area (Å²) in [6, 6.07) is 8.47. The minimum atomic E-state index is 0.103. The highest BCUT2D eigenvalue weighted by Crippen LogP contribution is 2.12. The van der Waals surface area contributed by atoms with E-state index in [1.165, 1.54) is 12.8 Å². The van der Waals surface area contributed by atoms with Crippen molar-refractivity contribution in [2.75, 3.05) is 13.1 Å². The third-order valence-electron chi connectivity index (χ3n) is 3.23. The number of rotatable bonds is 5. The van der Waals surface area contributed by atoms with Crippen molar-refractivity contribution in [1.82, 2.24) is 10.6 Å². The molecule has 2 N–H and O–H groups in total. The van der Waals surface area contributed by atoms with Crippen LogP contribution in [0.25, 0.3) is 0 Å². The SMILES string of the molecule is O=C(Cc1cccc(Br)c1)NCCC1CCCN1. The molecule has 1 atom stereocenters. The van der Waals surface area contributed by atoms with Gasteiger partial charge < -0.3 is 10.6 Å². The van der Waals surface area contributed by atoms with Crippen LogP contribution in [0.15, 0.2) is 28.7 Å². The molecule has 1 heterocycles. The van der Waals surface area contributed by atoms with Crippen molar-refractivity contribution in [2.24, 2.45) is 0 Å². The first-order chi connectivity index (χ1) is 8.74. The monoisotopic (exact) mass is 310 g/mol. The number of amides is 1. The molecule has 1 fully saturated rings. The molecule has 1 aliphatic heterocycles. The maximum Gasteiger partial charge on any atom is 0.224 e. The predicted octanol–water partition coefficient (Wildman–Crippen LogP) is 2.25. The zero-order valence-electron chi connectivity index (χ0n) is 10.4. The van der Waals surface area contributed by atoms with Crippen molar-refractivity contribution in [1.29, 1.82) is 0 Å². The fourth-order valence-corrected chi connectivity index (χ4v) is 2.73. The van der Waals surface area contributed by atoms with Crippen molar-refractivity contribution < 1.29 is 4.79 Å². The normalized spacial score (nSPS) is 18.8. The largest absolute Gasteiger partial charge is 0.356 e. The fraction of sp³-hybridized carbons (Fsp3) is 0.500. The second kappa shape index (κ2) is 6.90. The topological polar surface area (TPSA) is 41.1 Å². The van der Waals surface area contributed by atoms with Gasteiger partial charge in [0.25, 0.3) is 0 Å². The molecule has 1 unspecified atom stereocenters. The van der Waals surface area contributed by atoms with E-state index in [2.05, 4.69) is 26.6 Å². The number of hydrogen-bond donors (Lipinski definition) is 2. The van der Waals surface area contributed by atoms with Crippen molar-refractivity contribution >= 4 is 21.8 Å². The van der Waals surface area contributed by atoms with E-state index in [9.17, 15) is 4.79 Å². The fourth-order valence-electron chi connectivity index (χ4n) is 2.28. The molecule has 0 spiro atoms. The lowest BCUT2D eigenvalue weighted by Crippen LogP contribution is -2.31. The Hall–Kier alpha value is -0.870. The van der Waals surface area contributed by atoms with Crippen LogP contribution in [0.4, 0.5) is 0 Å². The van der Waals surface area contributed by atoms with Gasteiger partial charge in [-0.05, 0) is 43.5 Å². The summed E-state index contributed by atoms with van der Waals surface area (Å²) in [6.07, 6.45) is 3.99. The second-order valence-electron chi connectivity index (χ2n) is 4.74. The molecule has 1 aliphatic rings. The molecule has 0 bridgehead atoms. The Morgan fingerprint density at radius 1 is 1.50 bits per heavy atom. The molecular weight excluding hydrogens is 292 g/mol. The Morgan fingerprint density at radius 2 is 2.39 bits per heavy atom. The molecule has 0 aromatic heterocycles. The first-order valence-corrected chi connectivity index (χ1v) is 7.28. The smallest absolute Gasteiger partial charge is 0.224 e. The Morgan fingerprint density at radius 3 is 3.11 bits per heavy atom. The van der Waals surface area contributed by atoms with Gasteiger partial charge in [0.05, 0.1) is 6.42 Å². The van der Waals surface area contributed by atoms with Gasteiger partial charge in [-0.2, -0.15) is 0 Å². The highest BCUT2D eigenvalue weighted by atomic mass is 79.9. The van der Waals surface area contributed by atoms with E-state index < -0.39 is 0 Å². The number of carbonyl (C=O) groups excluding carboxylic acids is 1. The molecule has 98 valence electrons. The van der Waals surface area contributed by atoms with Crippen molar-refractivity contribution in [3.8, 4) is 0 Å². The van der Waals surface area contributed by atoms with E-state index >= 15 is 0 Å². The average molecular weight is 311 g/mol. The van der Waals surface area contributed by atoms with Crippen LogP contribution < -0.4 is 10.6 Å². The van der Waals surface area contributed by atoms with Crippen LogP contribution in [0.3, 0.4) is 0 Å². The van der Waals surface area contributed by atoms with Gasteiger partial charge in [-0.25, -0.2) is 0 Å². The summed E-state index contributed by atoms with van der Waals surface area (Å²) in [5, 5.41) is 6.41. The number of benzene rings is 1. The lowest BCUT2D eigenvalue weighted by atomic mass is 10.1. The van der Waals surface area contributed by atoms with Crippen LogP contribution in [0.2, 0.25) is 0 Å². The van der Waals surface area contributed by atoms with Gasteiger partial charge in [0.15, 0.2) is 0 Å². The first kappa shape index (κ1) is 13.6. The molecule has 18 heavy (non-hydrogen) atoms. The van der Waals surface area contributed by atoms with Crippen LogP contribution in [-0.2, 0) is 11.2 Å². The van der Waals surface area contributed by atoms with Gasteiger partial charge in [-0.1, -0.05) is 28.1 Å². The van der Waals surface area contributed by atoms with Gasteiger partial charge in [0.2, 0.25) is 5.91 Å². The predicted molar refractivity (Wildman–Crippen MR) is 76.5 cm³/mol. The molecule has 1 saturated heterocycles. The lowest BCUT2D eigenvalue weighted by molar-refractivity contribution is -0.120. The van der Waals surface area contributed by atoms with E-state index in [0.29, 0.717) is 12.5 Å². The quantitative estimate of drug-likeness (QED) is 0.876. The minimum absolute atomic E-state index is 0.103. The van der Waals surface area contributed by atoms with Crippen LogP contribution >= 0.6 is 15.9 Å². The maximum absolute atomic E-state index is 11.8. The molecule has 3 nitrogen and oxygen atoms in total. The Kier molecular flexibility index (Phi) is 5.20. The van der Waals surface area contributed by atoms with Gasteiger partial charge in [0.1, 0.15) is 0 Å². The molecule has 1 amide bonds. The van der Waals surface area contributed by atoms with E-state index in [0.717, 1.165) is 29.5 Å². The summed E-state index contributed by atoms with van der Waals surface area (Å²) in [6.45, 7) is 1.89. The summed E-state index contributed by atoms with van der Waals surface area (Å²) >= 11 is 3.41. The van der Waals surface area contributed by atoms with Crippen LogP contribution in [0.5, 0.6) is 0 Å². The first-order valence-electron chi connectivity index (χ1n) is 6.48. The molecular formula is C14H19BrN2O. The summed E-state index contributed by atoms with van der Waals surface area (Å²) in [7, 11) is 0. The third-order valence-corrected chi connectivity index (χ3v) is 3.72. The Labute approximate surface area is 116 Å². The highest BCUT2D eigenvalue weighted by Gasteiger charge is 2.13. The third kappa shape index (κ3) is 4.42. The molecule has 4 heteroatoms. The molecule has 0 aliphatic carbocycles. The lowest BCUT2D eigenvalue weighted by Gasteiger charge is -2.10. The molecule has 0 saturated carbocycles. The van der Waals surface area contributed by atoms with E-state index in [4.69, 9.17) is 0 Å². The van der Waals surface area contributed by atoms with Crippen LogP contribution in [0.1, 0.15) is 24.8 Å².